The van der Waals surface area contributed by atoms with Crippen molar-refractivity contribution in [2.75, 3.05) is 37.9 Å². The molecule has 4 nitrogen and oxygen atoms in total. The molecule has 0 radical (unpaired) electrons. The highest BCUT2D eigenvalue weighted by molar-refractivity contribution is 7.99. The number of aliphatic hydroxyl groups is 4. The van der Waals surface area contributed by atoms with Gasteiger partial charge < -0.3 is 20.4 Å². The Hall–Kier alpha value is 0.190. The lowest BCUT2D eigenvalue weighted by Crippen LogP contribution is -2.18. The summed E-state index contributed by atoms with van der Waals surface area (Å²) < 4.78 is 0. The fraction of sp³-hybridized carbons (Fsp3) is 1.00. The van der Waals surface area contributed by atoms with Gasteiger partial charge in [0.1, 0.15) is 0 Å². The first-order valence-electron chi connectivity index (χ1n) is 4.29. The molecule has 0 fully saturated rings. The fourth-order valence-electron chi connectivity index (χ4n) is 0.728. The fourth-order valence-corrected chi connectivity index (χ4v) is 1.95. The van der Waals surface area contributed by atoms with E-state index in [0.717, 1.165) is 0 Å². The summed E-state index contributed by atoms with van der Waals surface area (Å²) in [4.78, 5) is 0. The van der Waals surface area contributed by atoms with E-state index in [9.17, 15) is 0 Å². The molecule has 0 saturated heterocycles. The van der Waals surface area contributed by atoms with E-state index in [-0.39, 0.29) is 38.3 Å². The molecule has 0 rings (SSSR count). The van der Waals surface area contributed by atoms with E-state index in [0.29, 0.717) is 11.5 Å². The zero-order valence-corrected chi connectivity index (χ0v) is 8.41. The maximum atomic E-state index is 8.73. The third-order valence-electron chi connectivity index (χ3n) is 1.74. The second-order valence-electron chi connectivity index (χ2n) is 3.00. The lowest BCUT2D eigenvalue weighted by molar-refractivity contribution is 0.161. The van der Waals surface area contributed by atoms with E-state index < -0.39 is 0 Å². The highest BCUT2D eigenvalue weighted by Crippen LogP contribution is 2.12. The summed E-state index contributed by atoms with van der Waals surface area (Å²) in [7, 11) is 0. The predicted molar refractivity (Wildman–Crippen MR) is 52.6 cm³/mol. The van der Waals surface area contributed by atoms with Gasteiger partial charge in [0.05, 0.1) is 0 Å². The quantitative estimate of drug-likeness (QED) is 0.410. The molecule has 0 spiro atoms. The molecular weight excluding hydrogens is 192 g/mol. The Morgan fingerprint density at radius 2 is 1.00 bits per heavy atom. The van der Waals surface area contributed by atoms with Crippen molar-refractivity contribution in [1.29, 1.82) is 0 Å². The average molecular weight is 210 g/mol. The van der Waals surface area contributed by atoms with E-state index in [1.54, 1.807) is 0 Å². The van der Waals surface area contributed by atoms with Gasteiger partial charge in [-0.05, 0) is 0 Å². The molecule has 4 N–H and O–H groups in total. The van der Waals surface area contributed by atoms with Crippen molar-refractivity contribution >= 4 is 11.8 Å². The first-order valence-corrected chi connectivity index (χ1v) is 5.45. The molecule has 13 heavy (non-hydrogen) atoms. The van der Waals surface area contributed by atoms with Crippen LogP contribution in [0.5, 0.6) is 0 Å². The van der Waals surface area contributed by atoms with Gasteiger partial charge >= 0.3 is 0 Å². The molecular formula is C8H18O4S. The van der Waals surface area contributed by atoms with Crippen molar-refractivity contribution < 1.29 is 20.4 Å². The standard InChI is InChI=1S/C8H18O4S/c9-1-7(2-10)5-13-6-8(3-11)4-12/h7-12H,1-6H2. The SMILES string of the molecule is OCC(CO)CSCC(CO)CO. The van der Waals surface area contributed by atoms with Crippen LogP contribution in [0.15, 0.2) is 0 Å². The summed E-state index contributed by atoms with van der Waals surface area (Å²) in [5.41, 5.74) is 0. The summed E-state index contributed by atoms with van der Waals surface area (Å²) in [6, 6.07) is 0. The van der Waals surface area contributed by atoms with Gasteiger partial charge in [-0.25, -0.2) is 0 Å². The van der Waals surface area contributed by atoms with Crippen LogP contribution in [0.3, 0.4) is 0 Å². The Balaban J connectivity index is 3.41. The lowest BCUT2D eigenvalue weighted by Gasteiger charge is -2.13. The van der Waals surface area contributed by atoms with Crippen molar-refractivity contribution in [2.45, 2.75) is 0 Å². The van der Waals surface area contributed by atoms with Crippen molar-refractivity contribution in [3.63, 3.8) is 0 Å². The van der Waals surface area contributed by atoms with Crippen molar-refractivity contribution in [2.24, 2.45) is 11.8 Å². The molecule has 5 heteroatoms. The van der Waals surface area contributed by atoms with Crippen molar-refractivity contribution in [3.05, 3.63) is 0 Å². The number of hydrogen-bond donors (Lipinski definition) is 4. The maximum absolute atomic E-state index is 8.73. The summed E-state index contributed by atoms with van der Waals surface area (Å²) in [6.07, 6.45) is 0. The molecule has 0 atom stereocenters. The van der Waals surface area contributed by atoms with Crippen LogP contribution in [0.1, 0.15) is 0 Å². The van der Waals surface area contributed by atoms with Crippen LogP contribution in [0.2, 0.25) is 0 Å². The first-order chi connectivity index (χ1) is 6.28. The largest absolute Gasteiger partial charge is 0.396 e. The molecule has 0 amide bonds. The van der Waals surface area contributed by atoms with Gasteiger partial charge in [-0.15, -0.1) is 0 Å². The minimum Gasteiger partial charge on any atom is -0.396 e. The van der Waals surface area contributed by atoms with E-state index in [4.69, 9.17) is 20.4 Å². The molecule has 0 aromatic heterocycles. The topological polar surface area (TPSA) is 80.9 Å². The van der Waals surface area contributed by atoms with Gasteiger partial charge in [0.25, 0.3) is 0 Å². The van der Waals surface area contributed by atoms with E-state index in [1.165, 1.54) is 11.8 Å². The molecule has 0 bridgehead atoms. The average Bonchev–Trinajstić information content (AvgIpc) is 2.19. The highest BCUT2D eigenvalue weighted by Gasteiger charge is 2.09. The Kier molecular flexibility index (Phi) is 8.90. The minimum absolute atomic E-state index is 0.0214. The van der Waals surface area contributed by atoms with E-state index >= 15 is 0 Å². The monoisotopic (exact) mass is 210 g/mol. The number of hydrogen-bond acceptors (Lipinski definition) is 5. The van der Waals surface area contributed by atoms with Crippen LogP contribution < -0.4 is 0 Å². The summed E-state index contributed by atoms with van der Waals surface area (Å²) in [6.45, 7) is -0.0856. The van der Waals surface area contributed by atoms with Crippen LogP contribution in [-0.4, -0.2) is 58.4 Å². The molecule has 0 aliphatic rings. The Bertz CT molecular complexity index is 92.3. The van der Waals surface area contributed by atoms with Crippen molar-refractivity contribution in [3.8, 4) is 0 Å². The second kappa shape index (κ2) is 8.77. The minimum atomic E-state index is -0.0944. The molecule has 0 saturated carbocycles. The summed E-state index contributed by atoms with van der Waals surface area (Å²) in [5.74, 6) is 1.12. The third-order valence-corrected chi connectivity index (χ3v) is 3.15. The van der Waals surface area contributed by atoms with Crippen LogP contribution >= 0.6 is 11.8 Å². The molecule has 0 heterocycles. The maximum Gasteiger partial charge on any atom is 0.0489 e. The van der Waals surface area contributed by atoms with Crippen molar-refractivity contribution in [1.82, 2.24) is 0 Å². The van der Waals surface area contributed by atoms with Gasteiger partial charge in [0, 0.05) is 49.8 Å². The first kappa shape index (κ1) is 13.2. The zero-order chi connectivity index (χ0) is 10.1. The lowest BCUT2D eigenvalue weighted by atomic mass is 10.2. The Morgan fingerprint density at radius 1 is 0.692 bits per heavy atom. The summed E-state index contributed by atoms with van der Waals surface area (Å²) in [5, 5.41) is 34.9. The van der Waals surface area contributed by atoms with Crippen LogP contribution in [0.4, 0.5) is 0 Å². The molecule has 0 aromatic rings. The molecule has 80 valence electrons. The highest BCUT2D eigenvalue weighted by atomic mass is 32.2. The second-order valence-corrected chi connectivity index (χ2v) is 4.07. The third kappa shape index (κ3) is 6.29. The van der Waals surface area contributed by atoms with E-state index in [2.05, 4.69) is 0 Å². The van der Waals surface area contributed by atoms with E-state index in [1.807, 2.05) is 0 Å². The van der Waals surface area contributed by atoms with Gasteiger partial charge in [-0.3, -0.25) is 0 Å². The van der Waals surface area contributed by atoms with Gasteiger partial charge in [0.15, 0.2) is 0 Å². The Morgan fingerprint density at radius 3 is 1.23 bits per heavy atom. The van der Waals surface area contributed by atoms with Crippen LogP contribution in [0, 0.1) is 11.8 Å². The molecule has 0 aromatic carbocycles. The number of rotatable bonds is 8. The predicted octanol–water partition coefficient (Wildman–Crippen LogP) is -1.08. The smallest absolute Gasteiger partial charge is 0.0489 e. The van der Waals surface area contributed by atoms with Gasteiger partial charge in [-0.2, -0.15) is 11.8 Å². The normalized spacial score (nSPS) is 11.5. The zero-order valence-electron chi connectivity index (χ0n) is 7.59. The number of thioether (sulfide) groups is 1. The molecule has 0 aliphatic carbocycles. The molecule has 0 aliphatic heterocycles. The van der Waals surface area contributed by atoms with Gasteiger partial charge in [-0.1, -0.05) is 0 Å². The molecule has 0 unspecified atom stereocenters. The number of aliphatic hydroxyl groups excluding tert-OH is 4. The van der Waals surface area contributed by atoms with Crippen LogP contribution in [0.25, 0.3) is 0 Å². The van der Waals surface area contributed by atoms with Crippen LogP contribution in [-0.2, 0) is 0 Å². The van der Waals surface area contributed by atoms with Gasteiger partial charge in [0.2, 0.25) is 0 Å². The summed E-state index contributed by atoms with van der Waals surface area (Å²) >= 11 is 1.53. The Labute approximate surface area is 82.6 Å².